The molecule has 3 nitrogen and oxygen atoms in total. The lowest BCUT2D eigenvalue weighted by atomic mass is 9.99. The van der Waals surface area contributed by atoms with Crippen LogP contribution in [0.15, 0.2) is 40.9 Å². The maximum Gasteiger partial charge on any atom is 0.129 e. The largest absolute Gasteiger partial charge is 0.507 e. The zero-order valence-electron chi connectivity index (χ0n) is 12.6. The number of para-hydroxylation sites is 1. The Morgan fingerprint density at radius 2 is 2.18 bits per heavy atom. The highest BCUT2D eigenvalue weighted by atomic mass is 79.9. The van der Waals surface area contributed by atoms with Crippen molar-refractivity contribution in [2.45, 2.75) is 32.4 Å². The summed E-state index contributed by atoms with van der Waals surface area (Å²) in [5.74, 6) is 1.30. The normalized spacial score (nSPS) is 17.5. The number of benzene rings is 2. The molecule has 1 aliphatic rings. The van der Waals surface area contributed by atoms with Crippen LogP contribution in [0, 0.1) is 6.92 Å². The molecule has 1 aliphatic heterocycles. The summed E-state index contributed by atoms with van der Waals surface area (Å²) in [5.41, 5.74) is 3.58. The van der Waals surface area contributed by atoms with Crippen LogP contribution in [0.2, 0.25) is 0 Å². The Morgan fingerprint density at radius 1 is 1.32 bits per heavy atom. The van der Waals surface area contributed by atoms with E-state index in [-0.39, 0.29) is 5.75 Å². The quantitative estimate of drug-likeness (QED) is 0.847. The van der Waals surface area contributed by atoms with Gasteiger partial charge in [0.1, 0.15) is 11.5 Å². The summed E-state index contributed by atoms with van der Waals surface area (Å²) in [6.07, 6.45) is 2.11. The van der Waals surface area contributed by atoms with Crippen molar-refractivity contribution in [1.29, 1.82) is 0 Å². The molecule has 0 spiro atoms. The average molecular weight is 362 g/mol. The second-order valence-corrected chi connectivity index (χ2v) is 6.56. The lowest BCUT2D eigenvalue weighted by Gasteiger charge is -2.19. The Balaban J connectivity index is 1.78. The lowest BCUT2D eigenvalue weighted by molar-refractivity contribution is 0.313. The number of ether oxygens (including phenoxy) is 1. The van der Waals surface area contributed by atoms with Crippen LogP contribution in [0.1, 0.15) is 35.6 Å². The Kier molecular flexibility index (Phi) is 4.69. The molecule has 3 rings (SSSR count). The minimum Gasteiger partial charge on any atom is -0.507 e. The maximum atomic E-state index is 9.57. The Bertz CT molecular complexity index is 672. The van der Waals surface area contributed by atoms with Crippen LogP contribution in [-0.4, -0.2) is 11.7 Å². The third-order valence-electron chi connectivity index (χ3n) is 4.07. The van der Waals surface area contributed by atoms with Crippen molar-refractivity contribution in [1.82, 2.24) is 5.32 Å². The van der Waals surface area contributed by atoms with Crippen LogP contribution < -0.4 is 10.1 Å². The van der Waals surface area contributed by atoms with Crippen LogP contribution in [0.3, 0.4) is 0 Å². The predicted octanol–water partition coefficient (Wildman–Crippen LogP) is 4.47. The van der Waals surface area contributed by atoms with Gasteiger partial charge in [-0.15, -0.1) is 0 Å². The maximum absolute atomic E-state index is 9.57. The SMILES string of the molecule is Cc1cccc2c1OCCC[C@@H]2NCc1ccc(O)c(Br)c1. The second kappa shape index (κ2) is 6.71. The van der Waals surface area contributed by atoms with Crippen molar-refractivity contribution in [2.75, 3.05) is 6.61 Å². The highest BCUT2D eigenvalue weighted by molar-refractivity contribution is 9.10. The van der Waals surface area contributed by atoms with E-state index in [1.807, 2.05) is 12.1 Å². The molecule has 0 amide bonds. The molecule has 2 aromatic carbocycles. The van der Waals surface area contributed by atoms with E-state index in [0.29, 0.717) is 6.04 Å². The molecular weight excluding hydrogens is 342 g/mol. The number of hydrogen-bond donors (Lipinski definition) is 2. The first-order chi connectivity index (χ1) is 10.6. The summed E-state index contributed by atoms with van der Waals surface area (Å²) in [4.78, 5) is 0. The van der Waals surface area contributed by atoms with Crippen molar-refractivity contribution >= 4 is 15.9 Å². The van der Waals surface area contributed by atoms with Gasteiger partial charge in [0.25, 0.3) is 0 Å². The molecule has 0 fully saturated rings. The van der Waals surface area contributed by atoms with Gasteiger partial charge in [0.15, 0.2) is 0 Å². The van der Waals surface area contributed by atoms with Crippen LogP contribution >= 0.6 is 15.9 Å². The fourth-order valence-corrected chi connectivity index (χ4v) is 3.30. The number of fused-ring (bicyclic) bond motifs is 1. The van der Waals surface area contributed by atoms with E-state index >= 15 is 0 Å². The van der Waals surface area contributed by atoms with Crippen LogP contribution in [-0.2, 0) is 6.54 Å². The molecule has 1 atom stereocenters. The highest BCUT2D eigenvalue weighted by Crippen LogP contribution is 2.34. The highest BCUT2D eigenvalue weighted by Gasteiger charge is 2.20. The lowest BCUT2D eigenvalue weighted by Crippen LogP contribution is -2.20. The molecule has 4 heteroatoms. The zero-order valence-corrected chi connectivity index (χ0v) is 14.2. The summed E-state index contributed by atoms with van der Waals surface area (Å²) < 4.78 is 6.64. The third kappa shape index (κ3) is 3.28. The Labute approximate surface area is 139 Å². The van der Waals surface area contributed by atoms with Gasteiger partial charge in [-0.3, -0.25) is 0 Å². The molecular formula is C18H20BrNO2. The molecule has 2 N–H and O–H groups in total. The van der Waals surface area contributed by atoms with Gasteiger partial charge in [-0.05, 0) is 59.0 Å². The predicted molar refractivity (Wildman–Crippen MR) is 91.3 cm³/mol. The topological polar surface area (TPSA) is 41.5 Å². The number of halogens is 1. The minimum absolute atomic E-state index is 0.271. The van der Waals surface area contributed by atoms with E-state index in [1.165, 1.54) is 11.1 Å². The molecule has 0 saturated carbocycles. The summed E-state index contributed by atoms with van der Waals surface area (Å²) in [5, 5.41) is 13.2. The summed E-state index contributed by atoms with van der Waals surface area (Å²) in [6, 6.07) is 12.2. The average Bonchev–Trinajstić information content (AvgIpc) is 2.72. The number of phenols is 1. The van der Waals surface area contributed by atoms with Crippen molar-refractivity contribution in [2.24, 2.45) is 0 Å². The molecule has 22 heavy (non-hydrogen) atoms. The van der Waals surface area contributed by atoms with Gasteiger partial charge in [0, 0.05) is 18.2 Å². The molecule has 0 unspecified atom stereocenters. The van der Waals surface area contributed by atoms with E-state index in [9.17, 15) is 5.11 Å². The molecule has 2 aromatic rings. The Hall–Kier alpha value is -1.52. The summed E-state index contributed by atoms with van der Waals surface area (Å²) in [6.45, 7) is 3.63. The van der Waals surface area contributed by atoms with E-state index < -0.39 is 0 Å². The monoisotopic (exact) mass is 361 g/mol. The van der Waals surface area contributed by atoms with Gasteiger partial charge in [-0.25, -0.2) is 0 Å². The summed E-state index contributed by atoms with van der Waals surface area (Å²) >= 11 is 3.36. The smallest absolute Gasteiger partial charge is 0.129 e. The summed E-state index contributed by atoms with van der Waals surface area (Å²) in [7, 11) is 0. The molecule has 0 saturated heterocycles. The molecule has 0 radical (unpaired) electrons. The number of aryl methyl sites for hydroxylation is 1. The van der Waals surface area contributed by atoms with Gasteiger partial charge in [0.2, 0.25) is 0 Å². The third-order valence-corrected chi connectivity index (χ3v) is 4.70. The number of rotatable bonds is 3. The molecule has 1 heterocycles. The number of phenolic OH excluding ortho intramolecular Hbond substituents is 1. The van der Waals surface area contributed by atoms with E-state index in [1.54, 1.807) is 6.07 Å². The molecule has 0 aromatic heterocycles. The van der Waals surface area contributed by atoms with Gasteiger partial charge in [-0.2, -0.15) is 0 Å². The molecule has 116 valence electrons. The van der Waals surface area contributed by atoms with Crippen molar-refractivity contribution in [3.63, 3.8) is 0 Å². The first-order valence-electron chi connectivity index (χ1n) is 7.58. The van der Waals surface area contributed by atoms with Crippen molar-refractivity contribution in [3.05, 3.63) is 57.6 Å². The number of nitrogens with one attached hydrogen (secondary N) is 1. The van der Waals surface area contributed by atoms with Gasteiger partial charge in [0.05, 0.1) is 11.1 Å². The number of hydrogen-bond acceptors (Lipinski definition) is 3. The van der Waals surface area contributed by atoms with Crippen LogP contribution in [0.25, 0.3) is 0 Å². The first kappa shape index (κ1) is 15.4. The van der Waals surface area contributed by atoms with Gasteiger partial charge in [-0.1, -0.05) is 24.3 Å². The van der Waals surface area contributed by atoms with Gasteiger partial charge < -0.3 is 15.2 Å². The first-order valence-corrected chi connectivity index (χ1v) is 8.37. The van der Waals surface area contributed by atoms with Gasteiger partial charge >= 0.3 is 0 Å². The molecule has 0 aliphatic carbocycles. The van der Waals surface area contributed by atoms with Crippen LogP contribution in [0.4, 0.5) is 0 Å². The minimum atomic E-state index is 0.271. The van der Waals surface area contributed by atoms with E-state index in [0.717, 1.165) is 41.8 Å². The van der Waals surface area contributed by atoms with E-state index in [2.05, 4.69) is 46.4 Å². The fourth-order valence-electron chi connectivity index (χ4n) is 2.88. The second-order valence-electron chi connectivity index (χ2n) is 5.70. The zero-order chi connectivity index (χ0) is 15.5. The van der Waals surface area contributed by atoms with Crippen molar-refractivity contribution in [3.8, 4) is 11.5 Å². The number of aromatic hydroxyl groups is 1. The van der Waals surface area contributed by atoms with E-state index in [4.69, 9.17) is 4.74 Å². The fraction of sp³-hybridized carbons (Fsp3) is 0.333. The van der Waals surface area contributed by atoms with Crippen LogP contribution in [0.5, 0.6) is 11.5 Å². The standard InChI is InChI=1S/C18H20BrNO2/c1-12-4-2-5-14-16(6-3-9-22-18(12)14)20-11-13-7-8-17(21)15(19)10-13/h2,4-5,7-8,10,16,20-21H,3,6,9,11H2,1H3/t16-/m0/s1. The Morgan fingerprint density at radius 3 is 3.00 bits per heavy atom. The molecule has 0 bridgehead atoms. The van der Waals surface area contributed by atoms with Crippen molar-refractivity contribution < 1.29 is 9.84 Å².